The van der Waals surface area contributed by atoms with Gasteiger partial charge >= 0.3 is 11.9 Å². The molecule has 15 amide bonds. The van der Waals surface area contributed by atoms with Gasteiger partial charge in [0.25, 0.3) is 0 Å². The number of halogens is 4. The number of amides is 15. The Balaban J connectivity index is 1.24. The summed E-state index contributed by atoms with van der Waals surface area (Å²) in [6.45, 7) is 3.57. The quantitative estimate of drug-likeness (QED) is 0.0288. The van der Waals surface area contributed by atoms with Gasteiger partial charge in [-0.25, -0.2) is 17.6 Å². The molecule has 42 heteroatoms. The minimum absolute atomic E-state index is 0.0213. The minimum atomic E-state index is -1.99. The topological polar surface area (TPSA) is 548 Å². The number of fused-ring (bicyclic) bond motifs is 2. The van der Waals surface area contributed by atoms with E-state index >= 15 is 51.9 Å². The first-order chi connectivity index (χ1) is 63.2. The summed E-state index contributed by atoms with van der Waals surface area (Å²) in [5.41, 5.74) is 12.2. The number of phenols is 2. The zero-order valence-electron chi connectivity index (χ0n) is 74.6. The molecule has 0 aliphatic carbocycles. The Morgan fingerprint density at radius 3 is 1.55 bits per heavy atom. The first kappa shape index (κ1) is 105. The van der Waals surface area contributed by atoms with E-state index in [9.17, 15) is 67.6 Å². The van der Waals surface area contributed by atoms with E-state index in [1.54, 1.807) is 37.3 Å². The Morgan fingerprint density at radius 1 is 0.481 bits per heavy atom. The highest BCUT2D eigenvalue weighted by Crippen LogP contribution is 2.28. The van der Waals surface area contributed by atoms with Crippen molar-refractivity contribution in [3.8, 4) is 11.5 Å². The monoisotopic (exact) mass is 1880 g/mol. The van der Waals surface area contributed by atoms with Crippen LogP contribution in [0.1, 0.15) is 132 Å². The van der Waals surface area contributed by atoms with Gasteiger partial charge in [-0.15, -0.1) is 11.8 Å². The summed E-state index contributed by atoms with van der Waals surface area (Å²) in [5, 5.41) is 63.9. The number of aromatic hydroxyl groups is 2. The van der Waals surface area contributed by atoms with Crippen LogP contribution in [-0.4, -0.2) is 283 Å². The number of hydrogen-bond donors (Lipinski definition) is 15. The Labute approximate surface area is 769 Å². The fraction of sp³-hybridized carbons (Fsp3) is 0.484. The second kappa shape index (κ2) is 50.4. The number of unbranched alkanes of at least 4 members (excludes halogenated alkanes) is 1. The number of benzene rings is 5. The van der Waals surface area contributed by atoms with E-state index in [0.29, 0.717) is 47.9 Å². The van der Waals surface area contributed by atoms with E-state index in [1.807, 2.05) is 0 Å². The molecule has 17 N–H and O–H groups in total. The van der Waals surface area contributed by atoms with Crippen molar-refractivity contribution in [3.05, 3.63) is 166 Å². The standard InChI is InChI=1S/C91H116F4N16O21S/c1-7-8-19-70-90(131)111-38-15-21-69(111)85(126)103-64(46-76(118)119)83(124)106-78(50(2)3)91(132)108(5)71(44-51-16-10-9-11-17-51)86(127)104-66(42-53-26-32-58(113)33-27-53)88(129)110-37-13-12-20-68(110)84(125)101-62(34-35-75(116)117)81(122)102-63(41-52-24-30-57(112)31-25-52)82(123)100-61(18-14-36-96)80(121)105-67(79(120)98-47-73(97)114)48-133-49-74(115)99-65(43-55-39-59(93)77(95)60(94)40-55)87(128)109(6)72(89(130)107(70)4)45-54-22-28-56(92)29-23-54/h9-11,16-17,22-33,39-40,50,61-72,78,112-113H,7-8,12-15,18-21,34-38,41-49,96H2,1-6H3,(H2,97,114)(H,98,120)(H,99,115)(H,100,123)(H,101,125)(H,102,122)(H,103,126)(H,104,127)(H,105,121)(H,106,124)(H,116,117)(H,118,119)/t61-,62+,63-,64-,65-,66-,67-,68+,69+,70-,71-,72-,78-/m0/s1. The Kier molecular flexibility index (Phi) is 39.8. The maximum absolute atomic E-state index is 15.7. The van der Waals surface area contributed by atoms with Gasteiger partial charge in [0.15, 0.2) is 17.5 Å². The number of likely N-dealkylation sites (N-methyl/N-ethyl adjacent to an activating group) is 3. The van der Waals surface area contributed by atoms with E-state index in [4.69, 9.17) is 11.5 Å². The van der Waals surface area contributed by atoms with Crippen LogP contribution in [0.2, 0.25) is 0 Å². The summed E-state index contributed by atoms with van der Waals surface area (Å²) in [6.07, 6.45) is -4.18. The first-order valence-corrected chi connectivity index (χ1v) is 44.9. The molecule has 720 valence electrons. The first-order valence-electron chi connectivity index (χ1n) is 43.7. The third-order valence-corrected chi connectivity index (χ3v) is 24.3. The molecule has 3 fully saturated rings. The van der Waals surface area contributed by atoms with Gasteiger partial charge < -0.3 is 104 Å². The number of phenolic OH excluding ortho intramolecular Hbond substituents is 2. The molecule has 5 aromatic rings. The van der Waals surface area contributed by atoms with Crippen molar-refractivity contribution in [1.29, 1.82) is 0 Å². The predicted molar refractivity (Wildman–Crippen MR) is 474 cm³/mol. The number of aliphatic carboxylic acids is 2. The van der Waals surface area contributed by atoms with Crippen LogP contribution in [0.4, 0.5) is 17.6 Å². The Bertz CT molecular complexity index is 4970. The van der Waals surface area contributed by atoms with Crippen LogP contribution in [0.15, 0.2) is 115 Å². The number of thioether (sulfide) groups is 1. The molecule has 3 saturated heterocycles. The Hall–Kier alpha value is -13.3. The minimum Gasteiger partial charge on any atom is -0.508 e. The lowest BCUT2D eigenvalue weighted by Gasteiger charge is -2.38. The molecule has 0 unspecified atom stereocenters. The number of nitrogens with zero attached hydrogens (tertiary/aromatic N) is 5. The molecule has 5 aromatic carbocycles. The molecule has 3 aliphatic heterocycles. The summed E-state index contributed by atoms with van der Waals surface area (Å²) >= 11 is 0.602. The van der Waals surface area contributed by atoms with Gasteiger partial charge in [0, 0.05) is 78.5 Å². The van der Waals surface area contributed by atoms with Crippen LogP contribution in [-0.2, 0) is 114 Å². The van der Waals surface area contributed by atoms with Gasteiger partial charge in [-0.1, -0.05) is 100 Å². The number of nitrogens with two attached hydrogens (primary N) is 2. The molecule has 13 atom stereocenters. The van der Waals surface area contributed by atoms with Crippen molar-refractivity contribution in [2.45, 2.75) is 215 Å². The number of nitrogens with one attached hydrogen (secondary N) is 9. The summed E-state index contributed by atoms with van der Waals surface area (Å²) in [5.74, 6) is -27.5. The number of carboxylic acid groups (broad SMARTS) is 2. The molecule has 0 aromatic heterocycles. The van der Waals surface area contributed by atoms with Crippen molar-refractivity contribution in [1.82, 2.24) is 72.4 Å². The van der Waals surface area contributed by atoms with E-state index in [2.05, 4.69) is 47.9 Å². The molecule has 0 spiro atoms. The average Bonchev–Trinajstić information content (AvgIpc) is 1.31. The van der Waals surface area contributed by atoms with Gasteiger partial charge in [-0.05, 0) is 147 Å². The lowest BCUT2D eigenvalue weighted by Crippen LogP contribution is -2.63. The largest absolute Gasteiger partial charge is 0.508 e. The van der Waals surface area contributed by atoms with Crippen LogP contribution < -0.4 is 59.3 Å². The zero-order chi connectivity index (χ0) is 97.6. The van der Waals surface area contributed by atoms with Crippen molar-refractivity contribution < 1.29 is 119 Å². The maximum atomic E-state index is 15.7. The van der Waals surface area contributed by atoms with Gasteiger partial charge in [0.05, 0.1) is 18.7 Å². The van der Waals surface area contributed by atoms with Gasteiger partial charge in [-0.2, -0.15) is 0 Å². The number of carboxylic acids is 2. The smallest absolute Gasteiger partial charge is 0.305 e. The highest BCUT2D eigenvalue weighted by atomic mass is 32.2. The normalized spacial score (nSPS) is 23.6. The highest BCUT2D eigenvalue weighted by molar-refractivity contribution is 8.00. The number of rotatable bonds is 25. The second-order valence-corrected chi connectivity index (χ2v) is 34.5. The molecular formula is C91H116F4N16O21S. The van der Waals surface area contributed by atoms with Crippen molar-refractivity contribution in [3.63, 3.8) is 0 Å². The molecule has 3 heterocycles. The maximum Gasteiger partial charge on any atom is 0.305 e. The SMILES string of the molecule is CCCC[C@H]1C(=O)N2CCC[C@@H]2C(=O)N[C@@H](CC(=O)O)C(=O)N[C@@H](C(C)C)C(=O)N(C)[C@@H](Cc2ccccc2)C(=O)N[C@@H](Cc2ccc(O)cc2)C(=O)N2CCCC[C@@H]2C(=O)N[C@H](CCC(=O)O)C(=O)N[C@@H](Cc2ccc(O)cc2)C(=O)N[C@@H](CCCN)C(=O)N[C@H](C(=O)NCC(N)=O)CSCC(=O)N[C@@H](Cc2cc(F)c(F)c(F)c2)C(=O)N(C)[C@@H](Cc2ccc(F)cc2)C(=O)N1C. The second-order valence-electron chi connectivity index (χ2n) is 33.5. The number of primary amides is 1. The van der Waals surface area contributed by atoms with Crippen molar-refractivity contribution in [2.24, 2.45) is 17.4 Å². The van der Waals surface area contributed by atoms with Crippen LogP contribution in [0.3, 0.4) is 0 Å². The van der Waals surface area contributed by atoms with Crippen molar-refractivity contribution in [2.75, 3.05) is 58.8 Å². The van der Waals surface area contributed by atoms with Crippen molar-refractivity contribution >= 4 is 112 Å². The summed E-state index contributed by atoms with van der Waals surface area (Å²) in [6, 6.07) is 2.75. The van der Waals surface area contributed by atoms with Gasteiger partial charge in [0.2, 0.25) is 88.6 Å². The van der Waals surface area contributed by atoms with Crippen LogP contribution >= 0.6 is 11.8 Å². The predicted octanol–water partition coefficient (Wildman–Crippen LogP) is 1.17. The molecule has 3 aliphatic rings. The number of carbonyl (C=O) groups is 17. The van der Waals surface area contributed by atoms with E-state index in [-0.39, 0.29) is 106 Å². The molecule has 0 saturated carbocycles. The van der Waals surface area contributed by atoms with E-state index < -0.39 is 270 Å². The third kappa shape index (κ3) is 30.6. The third-order valence-electron chi connectivity index (χ3n) is 23.2. The average molecular weight is 1880 g/mol. The summed E-state index contributed by atoms with van der Waals surface area (Å²) in [4.78, 5) is 254. The molecule has 0 radical (unpaired) electrons. The number of piperidine rings is 1. The fourth-order valence-electron chi connectivity index (χ4n) is 15.9. The van der Waals surface area contributed by atoms with Crippen LogP contribution in [0.25, 0.3) is 0 Å². The summed E-state index contributed by atoms with van der Waals surface area (Å²) in [7, 11) is 3.57. The lowest BCUT2D eigenvalue weighted by atomic mass is 9.96. The molecule has 133 heavy (non-hydrogen) atoms. The molecule has 0 bridgehead atoms. The van der Waals surface area contributed by atoms with Crippen LogP contribution in [0.5, 0.6) is 11.5 Å². The van der Waals surface area contributed by atoms with Crippen LogP contribution in [0, 0.1) is 29.2 Å². The zero-order valence-corrected chi connectivity index (χ0v) is 75.4. The fourth-order valence-corrected chi connectivity index (χ4v) is 16.7. The lowest BCUT2D eigenvalue weighted by molar-refractivity contribution is -0.152. The number of hydrogen-bond acceptors (Lipinski definition) is 21. The Morgan fingerprint density at radius 2 is 0.962 bits per heavy atom. The highest BCUT2D eigenvalue weighted by Gasteiger charge is 2.46. The molecule has 8 rings (SSSR count). The molecule has 37 nitrogen and oxygen atoms in total. The molecular weight excluding hydrogens is 1760 g/mol. The van der Waals surface area contributed by atoms with Gasteiger partial charge in [0.1, 0.15) is 95.9 Å². The van der Waals surface area contributed by atoms with Gasteiger partial charge in [-0.3, -0.25) is 81.5 Å². The summed E-state index contributed by atoms with van der Waals surface area (Å²) < 4.78 is 59.7. The number of carbonyl (C=O) groups excluding carboxylic acids is 15. The van der Waals surface area contributed by atoms with E-state index in [0.717, 1.165) is 43.7 Å². The van der Waals surface area contributed by atoms with E-state index in [1.165, 1.54) is 88.6 Å².